The van der Waals surface area contributed by atoms with Crippen LogP contribution in [0.2, 0.25) is 0 Å². The van der Waals surface area contributed by atoms with Crippen LogP contribution in [0.4, 0.5) is 5.69 Å². The number of anilines is 1. The van der Waals surface area contributed by atoms with Crippen molar-refractivity contribution in [3.05, 3.63) is 69.7 Å². The van der Waals surface area contributed by atoms with E-state index >= 15 is 0 Å². The molecule has 2 rings (SSSR count). The minimum Gasteiger partial charge on any atom is -0.321 e. The van der Waals surface area contributed by atoms with Crippen molar-refractivity contribution in [2.45, 2.75) is 13.8 Å². The van der Waals surface area contributed by atoms with Crippen LogP contribution >= 0.6 is 31.9 Å². The number of aryl methyl sites for hydroxylation is 2. The third-order valence-electron chi connectivity index (χ3n) is 3.14. The molecule has 4 heteroatoms. The molecule has 0 heterocycles. The smallest absolute Gasteiger partial charge is 0.263 e. The van der Waals surface area contributed by atoms with E-state index in [1.165, 1.54) is 0 Å². The van der Waals surface area contributed by atoms with Gasteiger partial charge < -0.3 is 5.32 Å². The first-order chi connectivity index (χ1) is 10.0. The van der Waals surface area contributed by atoms with E-state index < -0.39 is 0 Å². The summed E-state index contributed by atoms with van der Waals surface area (Å²) < 4.78 is 1.20. The summed E-state index contributed by atoms with van der Waals surface area (Å²) in [6, 6.07) is 15.6. The average molecular weight is 409 g/mol. The summed E-state index contributed by atoms with van der Waals surface area (Å²) in [4.78, 5) is 12.4. The highest BCUT2D eigenvalue weighted by atomic mass is 79.9. The Morgan fingerprint density at radius 1 is 0.905 bits per heavy atom. The van der Waals surface area contributed by atoms with E-state index in [9.17, 15) is 4.79 Å². The fourth-order valence-electron chi connectivity index (χ4n) is 1.99. The second kappa shape index (κ2) is 7.05. The van der Waals surface area contributed by atoms with Crippen molar-refractivity contribution in [3.8, 4) is 0 Å². The number of carbonyl (C=O) groups is 1. The quantitative estimate of drug-likeness (QED) is 0.676. The van der Waals surface area contributed by atoms with Gasteiger partial charge in [-0.15, -0.1) is 0 Å². The Balaban J connectivity index is 2.28. The van der Waals surface area contributed by atoms with Crippen molar-refractivity contribution in [2.24, 2.45) is 0 Å². The molecule has 0 fully saturated rings. The first-order valence-electron chi connectivity index (χ1n) is 6.49. The number of rotatable bonds is 3. The van der Waals surface area contributed by atoms with Crippen LogP contribution < -0.4 is 5.32 Å². The molecule has 108 valence electrons. The number of nitrogens with one attached hydrogen (secondary N) is 1. The molecule has 1 N–H and O–H groups in total. The lowest BCUT2D eigenvalue weighted by atomic mass is 10.1. The monoisotopic (exact) mass is 407 g/mol. The van der Waals surface area contributed by atoms with Gasteiger partial charge in [0, 0.05) is 10.2 Å². The van der Waals surface area contributed by atoms with E-state index in [1.54, 1.807) is 0 Å². The molecule has 0 unspecified atom stereocenters. The van der Waals surface area contributed by atoms with E-state index in [0.717, 1.165) is 26.9 Å². The summed E-state index contributed by atoms with van der Waals surface area (Å²) in [5.41, 5.74) is 3.88. The van der Waals surface area contributed by atoms with Crippen LogP contribution in [0.25, 0.3) is 4.48 Å². The summed E-state index contributed by atoms with van der Waals surface area (Å²) in [5.74, 6) is -0.178. The number of amides is 1. The molecule has 0 saturated carbocycles. The molecular formula is C17H15Br2NO. The van der Waals surface area contributed by atoms with Gasteiger partial charge in [-0.05, 0) is 62.4 Å². The first kappa shape index (κ1) is 16.0. The van der Waals surface area contributed by atoms with Crippen molar-refractivity contribution in [3.63, 3.8) is 0 Å². The summed E-state index contributed by atoms with van der Waals surface area (Å²) in [6.45, 7) is 3.96. The molecule has 0 aromatic heterocycles. The molecule has 2 nitrogen and oxygen atoms in total. The van der Waals surface area contributed by atoms with E-state index in [-0.39, 0.29) is 5.91 Å². The van der Waals surface area contributed by atoms with Crippen molar-refractivity contribution in [1.29, 1.82) is 0 Å². The molecule has 21 heavy (non-hydrogen) atoms. The second-order valence-electron chi connectivity index (χ2n) is 4.71. The van der Waals surface area contributed by atoms with Crippen LogP contribution in [0.15, 0.2) is 53.0 Å². The topological polar surface area (TPSA) is 29.1 Å². The number of carbonyl (C=O) groups excluding carboxylic acids is 1. The number of benzene rings is 2. The van der Waals surface area contributed by atoms with Gasteiger partial charge in [0.2, 0.25) is 0 Å². The molecule has 2 aromatic rings. The van der Waals surface area contributed by atoms with E-state index in [0.29, 0.717) is 4.48 Å². The third kappa shape index (κ3) is 3.83. The predicted octanol–water partition coefficient (Wildman–Crippen LogP) is 5.40. The van der Waals surface area contributed by atoms with Crippen LogP contribution in [-0.2, 0) is 4.79 Å². The summed E-state index contributed by atoms with van der Waals surface area (Å²) in [5, 5.41) is 2.96. The highest BCUT2D eigenvalue weighted by molar-refractivity contribution is 9.16. The lowest BCUT2D eigenvalue weighted by Crippen LogP contribution is -2.13. The van der Waals surface area contributed by atoms with Gasteiger partial charge in [-0.3, -0.25) is 4.79 Å². The molecule has 0 radical (unpaired) electrons. The normalized spacial score (nSPS) is 11.8. The largest absolute Gasteiger partial charge is 0.321 e. The van der Waals surface area contributed by atoms with E-state index in [2.05, 4.69) is 37.2 Å². The summed E-state index contributed by atoms with van der Waals surface area (Å²) in [7, 11) is 0. The van der Waals surface area contributed by atoms with Gasteiger partial charge in [0.25, 0.3) is 5.91 Å². The van der Waals surface area contributed by atoms with Gasteiger partial charge in [-0.25, -0.2) is 0 Å². The van der Waals surface area contributed by atoms with Crippen molar-refractivity contribution in [1.82, 2.24) is 0 Å². The summed E-state index contributed by atoms with van der Waals surface area (Å²) in [6.07, 6.45) is 0. The zero-order valence-corrected chi connectivity index (χ0v) is 15.0. The Hall–Kier alpha value is -1.39. The number of hydrogen-bond acceptors (Lipinski definition) is 1. The van der Waals surface area contributed by atoms with Gasteiger partial charge in [0.1, 0.15) is 0 Å². The SMILES string of the molecule is Cc1cccc(C)c1NC(=O)/C(Br)=C(\Br)c1ccccc1. The molecule has 0 spiro atoms. The lowest BCUT2D eigenvalue weighted by molar-refractivity contribution is -0.112. The maximum absolute atomic E-state index is 12.4. The Morgan fingerprint density at radius 3 is 2.05 bits per heavy atom. The lowest BCUT2D eigenvalue weighted by Gasteiger charge is -2.12. The molecule has 1 amide bonds. The maximum atomic E-state index is 12.4. The Bertz CT molecular complexity index is 673. The highest BCUT2D eigenvalue weighted by Gasteiger charge is 2.14. The minimum atomic E-state index is -0.178. The maximum Gasteiger partial charge on any atom is 0.263 e. The van der Waals surface area contributed by atoms with Crippen LogP contribution in [0.1, 0.15) is 16.7 Å². The van der Waals surface area contributed by atoms with Crippen LogP contribution in [0.5, 0.6) is 0 Å². The molecule has 0 aliphatic heterocycles. The van der Waals surface area contributed by atoms with Crippen molar-refractivity contribution < 1.29 is 4.79 Å². The highest BCUT2D eigenvalue weighted by Crippen LogP contribution is 2.30. The Morgan fingerprint density at radius 2 is 1.48 bits per heavy atom. The Kier molecular flexibility index (Phi) is 5.37. The molecular weight excluding hydrogens is 394 g/mol. The number of halogens is 2. The molecule has 0 bridgehead atoms. The van der Waals surface area contributed by atoms with Crippen LogP contribution in [0.3, 0.4) is 0 Å². The van der Waals surface area contributed by atoms with Gasteiger partial charge in [-0.2, -0.15) is 0 Å². The zero-order chi connectivity index (χ0) is 15.4. The second-order valence-corrected chi connectivity index (χ2v) is 6.30. The molecule has 0 saturated heterocycles. The fourth-order valence-corrected chi connectivity index (χ4v) is 2.76. The van der Waals surface area contributed by atoms with Gasteiger partial charge in [0.05, 0.1) is 4.48 Å². The zero-order valence-electron chi connectivity index (χ0n) is 11.8. The standard InChI is InChI=1S/C17H15Br2NO/c1-11-7-6-8-12(2)16(11)20-17(21)15(19)14(18)13-9-4-3-5-10-13/h3-10H,1-2H3,(H,20,21)/b15-14+. The van der Waals surface area contributed by atoms with Crippen LogP contribution in [-0.4, -0.2) is 5.91 Å². The number of para-hydroxylation sites is 1. The number of hydrogen-bond donors (Lipinski definition) is 1. The molecule has 2 aromatic carbocycles. The molecule has 0 aliphatic rings. The third-order valence-corrected chi connectivity index (χ3v) is 5.28. The van der Waals surface area contributed by atoms with E-state index in [4.69, 9.17) is 0 Å². The summed E-state index contributed by atoms with van der Waals surface area (Å²) >= 11 is 6.85. The fraction of sp³-hybridized carbons (Fsp3) is 0.118. The van der Waals surface area contributed by atoms with Crippen molar-refractivity contribution >= 4 is 47.9 Å². The molecule has 0 atom stereocenters. The first-order valence-corrected chi connectivity index (χ1v) is 8.07. The Labute approximate surface area is 141 Å². The van der Waals surface area contributed by atoms with Crippen LogP contribution in [0, 0.1) is 13.8 Å². The van der Waals surface area contributed by atoms with Gasteiger partial charge >= 0.3 is 0 Å². The van der Waals surface area contributed by atoms with Crippen molar-refractivity contribution in [2.75, 3.05) is 5.32 Å². The van der Waals surface area contributed by atoms with Gasteiger partial charge in [0.15, 0.2) is 0 Å². The predicted molar refractivity (Wildman–Crippen MR) is 95.8 cm³/mol. The minimum absolute atomic E-state index is 0.178. The van der Waals surface area contributed by atoms with E-state index in [1.807, 2.05) is 62.4 Å². The average Bonchev–Trinajstić information content (AvgIpc) is 2.50. The van der Waals surface area contributed by atoms with Gasteiger partial charge in [-0.1, -0.05) is 48.5 Å². The molecule has 0 aliphatic carbocycles.